The molecule has 0 saturated carbocycles. The molecule has 1 amide bonds. The first-order chi connectivity index (χ1) is 6.22. The summed E-state index contributed by atoms with van der Waals surface area (Å²) in [7, 11) is 0. The minimum atomic E-state index is -0.377. The van der Waals surface area contributed by atoms with Crippen LogP contribution in [0.25, 0.3) is 0 Å². The van der Waals surface area contributed by atoms with Crippen molar-refractivity contribution in [2.24, 2.45) is 5.73 Å². The third-order valence-electron chi connectivity index (χ3n) is 1.91. The Labute approximate surface area is 79.5 Å². The number of rotatable bonds is 7. The second-order valence-electron chi connectivity index (χ2n) is 3.09. The zero-order valence-corrected chi connectivity index (χ0v) is 8.25. The lowest BCUT2D eigenvalue weighted by molar-refractivity contribution is -0.122. The van der Waals surface area contributed by atoms with E-state index in [0.29, 0.717) is 13.0 Å². The number of hydrogen-bond acceptors (Lipinski definition) is 3. The van der Waals surface area contributed by atoms with Gasteiger partial charge in [0.1, 0.15) is 0 Å². The summed E-state index contributed by atoms with van der Waals surface area (Å²) in [4.78, 5) is 11.1. The van der Waals surface area contributed by atoms with E-state index in [1.807, 2.05) is 6.92 Å². The highest BCUT2D eigenvalue weighted by atomic mass is 16.2. The molecule has 0 spiro atoms. The van der Waals surface area contributed by atoms with E-state index >= 15 is 0 Å². The fourth-order valence-electron chi connectivity index (χ4n) is 0.942. The lowest BCUT2D eigenvalue weighted by Gasteiger charge is -2.09. The van der Waals surface area contributed by atoms with Crippen LogP contribution in [0.4, 0.5) is 0 Å². The fourth-order valence-corrected chi connectivity index (χ4v) is 0.942. The Morgan fingerprint density at radius 2 is 2.15 bits per heavy atom. The smallest absolute Gasteiger partial charge is 0.236 e. The molecule has 0 aliphatic carbocycles. The maximum atomic E-state index is 11.1. The highest BCUT2D eigenvalue weighted by molar-refractivity contribution is 5.81. The number of unbranched alkanes of at least 4 members (excludes halogenated alkanes) is 2. The van der Waals surface area contributed by atoms with Gasteiger partial charge < -0.3 is 16.2 Å². The Balaban J connectivity index is 3.27. The molecule has 0 rings (SSSR count). The van der Waals surface area contributed by atoms with Gasteiger partial charge in [-0.1, -0.05) is 6.92 Å². The summed E-state index contributed by atoms with van der Waals surface area (Å²) >= 11 is 0. The van der Waals surface area contributed by atoms with Crippen molar-refractivity contribution in [1.29, 1.82) is 0 Å². The van der Waals surface area contributed by atoms with Crippen molar-refractivity contribution in [3.05, 3.63) is 0 Å². The quantitative estimate of drug-likeness (QED) is 0.492. The Morgan fingerprint density at radius 1 is 1.46 bits per heavy atom. The van der Waals surface area contributed by atoms with Crippen molar-refractivity contribution in [2.75, 3.05) is 13.2 Å². The monoisotopic (exact) mass is 188 g/mol. The fraction of sp³-hybridized carbons (Fsp3) is 0.889. The molecular formula is C9H20N2O2. The first kappa shape index (κ1) is 12.4. The standard InChI is InChI=1S/C9H20N2O2/c1-2-8(10)9(13)11-6-4-3-5-7-12/h8,12H,2-7,10H2,1H3,(H,11,13)/t8-/m0/s1. The van der Waals surface area contributed by atoms with Gasteiger partial charge in [-0.3, -0.25) is 4.79 Å². The molecule has 4 nitrogen and oxygen atoms in total. The Bertz CT molecular complexity index is 140. The van der Waals surface area contributed by atoms with E-state index in [2.05, 4.69) is 5.32 Å². The molecule has 0 fully saturated rings. The molecule has 0 aliphatic heterocycles. The van der Waals surface area contributed by atoms with E-state index in [4.69, 9.17) is 10.8 Å². The van der Waals surface area contributed by atoms with Crippen LogP contribution in [0.15, 0.2) is 0 Å². The second kappa shape index (κ2) is 8.01. The molecule has 13 heavy (non-hydrogen) atoms. The summed E-state index contributed by atoms with van der Waals surface area (Å²) in [6, 6.07) is -0.377. The number of hydrogen-bond donors (Lipinski definition) is 3. The van der Waals surface area contributed by atoms with Gasteiger partial charge in [0.05, 0.1) is 6.04 Å². The van der Waals surface area contributed by atoms with Crippen LogP contribution < -0.4 is 11.1 Å². The maximum absolute atomic E-state index is 11.1. The normalized spacial score (nSPS) is 12.5. The third-order valence-corrected chi connectivity index (χ3v) is 1.91. The molecule has 0 radical (unpaired) electrons. The summed E-state index contributed by atoms with van der Waals surface area (Å²) < 4.78 is 0. The summed E-state index contributed by atoms with van der Waals surface area (Å²) in [6.07, 6.45) is 3.32. The van der Waals surface area contributed by atoms with E-state index in [1.54, 1.807) is 0 Å². The van der Waals surface area contributed by atoms with Crippen LogP contribution in [-0.4, -0.2) is 30.2 Å². The number of carbonyl (C=O) groups excluding carboxylic acids is 1. The van der Waals surface area contributed by atoms with Gasteiger partial charge >= 0.3 is 0 Å². The van der Waals surface area contributed by atoms with Gasteiger partial charge in [-0.2, -0.15) is 0 Å². The van der Waals surface area contributed by atoms with E-state index in [-0.39, 0.29) is 18.6 Å². The first-order valence-electron chi connectivity index (χ1n) is 4.86. The molecule has 0 aliphatic rings. The summed E-state index contributed by atoms with van der Waals surface area (Å²) in [5.41, 5.74) is 5.51. The Hall–Kier alpha value is -0.610. The van der Waals surface area contributed by atoms with Crippen molar-refractivity contribution in [1.82, 2.24) is 5.32 Å². The highest BCUT2D eigenvalue weighted by Gasteiger charge is 2.08. The van der Waals surface area contributed by atoms with Crippen molar-refractivity contribution in [3.8, 4) is 0 Å². The van der Waals surface area contributed by atoms with Gasteiger partial charge in [0.2, 0.25) is 5.91 Å². The molecule has 4 N–H and O–H groups in total. The predicted octanol–water partition coefficient (Wildman–Crippen LogP) is 0.00250. The summed E-state index contributed by atoms with van der Waals surface area (Å²) in [5, 5.41) is 11.2. The topological polar surface area (TPSA) is 75.4 Å². The number of carbonyl (C=O) groups is 1. The molecule has 0 aromatic rings. The Morgan fingerprint density at radius 3 is 2.69 bits per heavy atom. The maximum Gasteiger partial charge on any atom is 0.236 e. The molecular weight excluding hydrogens is 168 g/mol. The molecule has 0 aromatic carbocycles. The second-order valence-corrected chi connectivity index (χ2v) is 3.09. The van der Waals surface area contributed by atoms with Gasteiger partial charge in [0, 0.05) is 13.2 Å². The number of aliphatic hydroxyl groups is 1. The van der Waals surface area contributed by atoms with Crippen LogP contribution >= 0.6 is 0 Å². The minimum Gasteiger partial charge on any atom is -0.396 e. The van der Waals surface area contributed by atoms with Crippen LogP contribution in [0.1, 0.15) is 32.6 Å². The summed E-state index contributed by atoms with van der Waals surface area (Å²) in [6.45, 7) is 2.77. The Kier molecular flexibility index (Phi) is 7.63. The van der Waals surface area contributed by atoms with Gasteiger partial charge in [-0.25, -0.2) is 0 Å². The van der Waals surface area contributed by atoms with Gasteiger partial charge in [0.15, 0.2) is 0 Å². The number of nitrogens with two attached hydrogens (primary N) is 1. The van der Waals surface area contributed by atoms with Crippen molar-refractivity contribution < 1.29 is 9.90 Å². The average molecular weight is 188 g/mol. The number of aliphatic hydroxyl groups excluding tert-OH is 1. The van der Waals surface area contributed by atoms with E-state index in [1.165, 1.54) is 0 Å². The van der Waals surface area contributed by atoms with Gasteiger partial charge in [0.25, 0.3) is 0 Å². The molecule has 0 bridgehead atoms. The lowest BCUT2D eigenvalue weighted by atomic mass is 10.2. The number of amides is 1. The number of nitrogens with one attached hydrogen (secondary N) is 1. The van der Waals surface area contributed by atoms with E-state index in [9.17, 15) is 4.79 Å². The molecule has 4 heteroatoms. The van der Waals surface area contributed by atoms with Crippen LogP contribution in [0.3, 0.4) is 0 Å². The predicted molar refractivity (Wildman–Crippen MR) is 52.2 cm³/mol. The van der Waals surface area contributed by atoms with Crippen molar-refractivity contribution >= 4 is 5.91 Å². The van der Waals surface area contributed by atoms with Gasteiger partial charge in [-0.05, 0) is 25.7 Å². The molecule has 0 aromatic heterocycles. The molecule has 78 valence electrons. The molecule has 0 unspecified atom stereocenters. The SMILES string of the molecule is CC[C@H](N)C(=O)NCCCCCO. The molecule has 0 heterocycles. The third kappa shape index (κ3) is 6.54. The van der Waals surface area contributed by atoms with Crippen LogP contribution in [0.5, 0.6) is 0 Å². The van der Waals surface area contributed by atoms with Crippen LogP contribution in [0.2, 0.25) is 0 Å². The zero-order valence-electron chi connectivity index (χ0n) is 8.25. The minimum absolute atomic E-state index is 0.0773. The van der Waals surface area contributed by atoms with E-state index in [0.717, 1.165) is 19.3 Å². The summed E-state index contributed by atoms with van der Waals surface area (Å²) in [5.74, 6) is -0.0773. The van der Waals surface area contributed by atoms with Crippen molar-refractivity contribution in [3.63, 3.8) is 0 Å². The van der Waals surface area contributed by atoms with Crippen LogP contribution in [0, 0.1) is 0 Å². The van der Waals surface area contributed by atoms with Crippen LogP contribution in [-0.2, 0) is 4.79 Å². The van der Waals surface area contributed by atoms with Gasteiger partial charge in [-0.15, -0.1) is 0 Å². The largest absolute Gasteiger partial charge is 0.396 e. The molecule has 0 saturated heterocycles. The zero-order chi connectivity index (χ0) is 10.1. The van der Waals surface area contributed by atoms with Crippen molar-refractivity contribution in [2.45, 2.75) is 38.6 Å². The lowest BCUT2D eigenvalue weighted by Crippen LogP contribution is -2.40. The first-order valence-corrected chi connectivity index (χ1v) is 4.86. The molecule has 1 atom stereocenters. The average Bonchev–Trinajstić information content (AvgIpc) is 2.16. The van der Waals surface area contributed by atoms with E-state index < -0.39 is 0 Å². The highest BCUT2D eigenvalue weighted by Crippen LogP contribution is 1.92.